The lowest BCUT2D eigenvalue weighted by Crippen LogP contribution is -2.34. The zero-order valence-corrected chi connectivity index (χ0v) is 18.3. The van der Waals surface area contributed by atoms with Crippen LogP contribution in [0.15, 0.2) is 59.6 Å². The Morgan fingerprint density at radius 3 is 2.17 bits per heavy atom. The molecular weight excluding hydrogens is 380 g/mol. The van der Waals surface area contributed by atoms with E-state index in [1.54, 1.807) is 24.0 Å². The third kappa shape index (κ3) is 7.35. The van der Waals surface area contributed by atoms with Gasteiger partial charge >= 0.3 is 11.9 Å². The highest BCUT2D eigenvalue weighted by molar-refractivity contribution is 6.35. The molecule has 0 saturated carbocycles. The standard InChI is InChI=1S/C24H30N2O4/c1-6-29-23(28)21(26(5)17-19-10-8-7-9-11-19)25-16-18-12-14-20(15-13-18)22(27)30-24(2,3)4/h7-15H,6,16-17H2,1-5H3/b25-21-. The van der Waals surface area contributed by atoms with Crippen LogP contribution >= 0.6 is 0 Å². The van der Waals surface area contributed by atoms with Crippen molar-refractivity contribution >= 4 is 17.8 Å². The third-order valence-electron chi connectivity index (χ3n) is 4.08. The highest BCUT2D eigenvalue weighted by atomic mass is 16.6. The normalized spacial score (nSPS) is 11.7. The molecule has 0 radical (unpaired) electrons. The predicted molar refractivity (Wildman–Crippen MR) is 117 cm³/mol. The van der Waals surface area contributed by atoms with Crippen molar-refractivity contribution in [3.8, 4) is 0 Å². The number of amidine groups is 1. The van der Waals surface area contributed by atoms with Crippen molar-refractivity contribution in [3.63, 3.8) is 0 Å². The van der Waals surface area contributed by atoms with Crippen LogP contribution in [0.1, 0.15) is 49.2 Å². The van der Waals surface area contributed by atoms with Gasteiger partial charge in [-0.2, -0.15) is 0 Å². The Balaban J connectivity index is 2.12. The molecule has 30 heavy (non-hydrogen) atoms. The van der Waals surface area contributed by atoms with Gasteiger partial charge in [0.1, 0.15) is 5.60 Å². The predicted octanol–water partition coefficient (Wildman–Crippen LogP) is 4.24. The smallest absolute Gasteiger partial charge is 0.373 e. The first-order chi connectivity index (χ1) is 14.2. The van der Waals surface area contributed by atoms with Gasteiger partial charge in [0, 0.05) is 13.6 Å². The Hall–Kier alpha value is -3.15. The number of likely N-dealkylation sites (N-methyl/N-ethyl adjacent to an activating group) is 1. The average Bonchev–Trinajstić information content (AvgIpc) is 2.68. The summed E-state index contributed by atoms with van der Waals surface area (Å²) in [6.45, 7) is 8.37. The number of nitrogens with zero attached hydrogens (tertiary/aromatic N) is 2. The molecule has 0 aliphatic rings. The summed E-state index contributed by atoms with van der Waals surface area (Å²) < 4.78 is 10.5. The van der Waals surface area contributed by atoms with Crippen molar-refractivity contribution < 1.29 is 19.1 Å². The SMILES string of the molecule is CCOC(=O)/C(=N/Cc1ccc(C(=O)OC(C)(C)C)cc1)N(C)Cc1ccccc1. The Bertz CT molecular complexity index is 868. The minimum atomic E-state index is -0.544. The summed E-state index contributed by atoms with van der Waals surface area (Å²) in [6.07, 6.45) is 0. The van der Waals surface area contributed by atoms with Gasteiger partial charge in [-0.25, -0.2) is 9.59 Å². The number of ether oxygens (including phenoxy) is 2. The molecule has 0 spiro atoms. The fourth-order valence-electron chi connectivity index (χ4n) is 2.72. The number of esters is 2. The van der Waals surface area contributed by atoms with Crippen molar-refractivity contribution in [3.05, 3.63) is 71.3 Å². The molecule has 0 aliphatic heterocycles. The van der Waals surface area contributed by atoms with Crippen LogP contribution in [0.2, 0.25) is 0 Å². The van der Waals surface area contributed by atoms with Gasteiger partial charge in [-0.1, -0.05) is 42.5 Å². The van der Waals surface area contributed by atoms with E-state index in [1.807, 2.05) is 70.3 Å². The van der Waals surface area contributed by atoms with Crippen LogP contribution in [0.5, 0.6) is 0 Å². The maximum atomic E-state index is 12.4. The molecule has 160 valence electrons. The van der Waals surface area contributed by atoms with Crippen LogP contribution < -0.4 is 0 Å². The van der Waals surface area contributed by atoms with E-state index in [1.165, 1.54) is 0 Å². The van der Waals surface area contributed by atoms with Gasteiger partial charge in [-0.05, 0) is 51.0 Å². The molecule has 0 N–H and O–H groups in total. The van der Waals surface area contributed by atoms with Crippen molar-refractivity contribution in [1.29, 1.82) is 0 Å². The molecule has 0 heterocycles. The molecule has 0 aromatic heterocycles. The van der Waals surface area contributed by atoms with Gasteiger partial charge in [0.25, 0.3) is 0 Å². The summed E-state index contributed by atoms with van der Waals surface area (Å²) in [4.78, 5) is 30.8. The molecule has 6 heteroatoms. The minimum Gasteiger partial charge on any atom is -0.460 e. The fraction of sp³-hybridized carbons (Fsp3) is 0.375. The maximum absolute atomic E-state index is 12.4. The van der Waals surface area contributed by atoms with Gasteiger partial charge in [-0.3, -0.25) is 4.99 Å². The summed E-state index contributed by atoms with van der Waals surface area (Å²) in [5.41, 5.74) is 1.87. The topological polar surface area (TPSA) is 68.2 Å². The lowest BCUT2D eigenvalue weighted by molar-refractivity contribution is -0.135. The van der Waals surface area contributed by atoms with Gasteiger partial charge < -0.3 is 14.4 Å². The largest absolute Gasteiger partial charge is 0.460 e. The van der Waals surface area contributed by atoms with Gasteiger partial charge in [0.15, 0.2) is 0 Å². The summed E-state index contributed by atoms with van der Waals surface area (Å²) in [5, 5.41) is 0. The summed E-state index contributed by atoms with van der Waals surface area (Å²) in [6, 6.07) is 16.9. The van der Waals surface area contributed by atoms with Crippen LogP contribution in [0.4, 0.5) is 0 Å². The second-order valence-electron chi connectivity index (χ2n) is 7.90. The quantitative estimate of drug-likeness (QED) is 0.405. The van der Waals surface area contributed by atoms with Crippen LogP contribution in [0.25, 0.3) is 0 Å². The molecule has 6 nitrogen and oxygen atoms in total. The number of benzene rings is 2. The van der Waals surface area contributed by atoms with Gasteiger partial charge in [-0.15, -0.1) is 0 Å². The molecule has 2 rings (SSSR count). The Kier molecular flexibility index (Phi) is 8.16. The highest BCUT2D eigenvalue weighted by Gasteiger charge is 2.19. The lowest BCUT2D eigenvalue weighted by Gasteiger charge is -2.20. The van der Waals surface area contributed by atoms with Gasteiger partial charge in [0.2, 0.25) is 5.84 Å². The van der Waals surface area contributed by atoms with E-state index in [2.05, 4.69) is 4.99 Å². The second kappa shape index (κ2) is 10.6. The average molecular weight is 411 g/mol. The minimum absolute atomic E-state index is 0.261. The monoisotopic (exact) mass is 410 g/mol. The van der Waals surface area contributed by atoms with E-state index in [-0.39, 0.29) is 18.4 Å². The fourth-order valence-corrected chi connectivity index (χ4v) is 2.72. The van der Waals surface area contributed by atoms with Crippen molar-refractivity contribution in [2.24, 2.45) is 4.99 Å². The van der Waals surface area contributed by atoms with E-state index in [0.29, 0.717) is 18.7 Å². The summed E-state index contributed by atoms with van der Waals surface area (Å²) in [7, 11) is 1.81. The van der Waals surface area contributed by atoms with Crippen molar-refractivity contribution in [2.45, 2.75) is 46.4 Å². The zero-order valence-electron chi connectivity index (χ0n) is 18.3. The number of hydrogen-bond donors (Lipinski definition) is 0. The Labute approximate surface area is 178 Å². The molecule has 0 bridgehead atoms. The van der Waals surface area contributed by atoms with Crippen LogP contribution in [0.3, 0.4) is 0 Å². The molecule has 0 aliphatic carbocycles. The van der Waals surface area contributed by atoms with Gasteiger partial charge in [0.05, 0.1) is 18.7 Å². The second-order valence-corrected chi connectivity index (χ2v) is 7.90. The number of aliphatic imine (C=N–C) groups is 1. The molecule has 2 aromatic rings. The Morgan fingerprint density at radius 1 is 0.967 bits per heavy atom. The molecule has 0 fully saturated rings. The molecule has 0 saturated heterocycles. The number of carbonyl (C=O) groups excluding carboxylic acids is 2. The molecule has 0 unspecified atom stereocenters. The first-order valence-corrected chi connectivity index (χ1v) is 9.98. The van der Waals surface area contributed by atoms with Crippen molar-refractivity contribution in [2.75, 3.05) is 13.7 Å². The number of rotatable bonds is 6. The third-order valence-corrected chi connectivity index (χ3v) is 4.08. The van der Waals surface area contributed by atoms with Crippen LogP contribution in [-0.2, 0) is 27.4 Å². The van der Waals surface area contributed by atoms with E-state index >= 15 is 0 Å². The van der Waals surface area contributed by atoms with E-state index in [9.17, 15) is 9.59 Å². The number of carbonyl (C=O) groups is 2. The zero-order chi connectivity index (χ0) is 22.1. The first kappa shape index (κ1) is 23.1. The summed E-state index contributed by atoms with van der Waals surface area (Å²) in [5.74, 6) is -0.564. The molecular formula is C24H30N2O4. The highest BCUT2D eigenvalue weighted by Crippen LogP contribution is 2.14. The lowest BCUT2D eigenvalue weighted by atomic mass is 10.1. The first-order valence-electron chi connectivity index (χ1n) is 9.98. The number of hydrogen-bond acceptors (Lipinski definition) is 5. The van der Waals surface area contributed by atoms with E-state index in [0.717, 1.165) is 11.1 Å². The molecule has 0 atom stereocenters. The summed E-state index contributed by atoms with van der Waals surface area (Å²) >= 11 is 0. The molecule has 2 aromatic carbocycles. The van der Waals surface area contributed by atoms with E-state index in [4.69, 9.17) is 9.47 Å². The maximum Gasteiger partial charge on any atom is 0.373 e. The Morgan fingerprint density at radius 2 is 1.60 bits per heavy atom. The van der Waals surface area contributed by atoms with E-state index < -0.39 is 11.6 Å². The van der Waals surface area contributed by atoms with Crippen LogP contribution in [0, 0.1) is 0 Å². The molecule has 0 amide bonds. The van der Waals surface area contributed by atoms with Crippen molar-refractivity contribution in [1.82, 2.24) is 4.90 Å². The van der Waals surface area contributed by atoms with Crippen LogP contribution in [-0.4, -0.2) is 41.9 Å².